The summed E-state index contributed by atoms with van der Waals surface area (Å²) in [6.07, 6.45) is 17.0. The molecule has 0 atom stereocenters. The number of benzene rings is 1. The maximum Gasteiger partial charge on any atom is 0.163 e. The van der Waals surface area contributed by atoms with Crippen LogP contribution in [0, 0.1) is 23.7 Å². The maximum absolute atomic E-state index is 12.7. The van der Waals surface area contributed by atoms with Crippen LogP contribution >= 0.6 is 0 Å². The minimum Gasteiger partial charge on any atom is -0.294 e. The minimum absolute atomic E-state index is 0.363. The molecule has 2 aliphatic carbocycles. The lowest BCUT2D eigenvalue weighted by molar-refractivity contribution is 0.0920. The van der Waals surface area contributed by atoms with Crippen molar-refractivity contribution in [2.24, 2.45) is 23.7 Å². The Kier molecular flexibility index (Phi) is 7.97. The zero-order valence-electron chi connectivity index (χ0n) is 17.7. The van der Waals surface area contributed by atoms with Crippen molar-refractivity contribution in [3.8, 4) is 0 Å². The van der Waals surface area contributed by atoms with Crippen LogP contribution in [0.15, 0.2) is 24.3 Å². The SMILES string of the molecule is CCCc1ccc(C(=O)C[C@H]2CC[C@H]([C@H]3CC[C@H](CCC)CC3)CC2)cc1. The molecule has 150 valence electrons. The van der Waals surface area contributed by atoms with Gasteiger partial charge in [0.2, 0.25) is 0 Å². The Hall–Kier alpha value is -1.11. The van der Waals surface area contributed by atoms with Crippen molar-refractivity contribution in [1.29, 1.82) is 0 Å². The van der Waals surface area contributed by atoms with E-state index in [4.69, 9.17) is 0 Å². The normalized spacial score (nSPS) is 28.8. The molecular weight excluding hydrogens is 328 g/mol. The van der Waals surface area contributed by atoms with Crippen molar-refractivity contribution < 1.29 is 4.79 Å². The first-order valence-corrected chi connectivity index (χ1v) is 11.8. The number of rotatable bonds is 8. The summed E-state index contributed by atoms with van der Waals surface area (Å²) in [6.45, 7) is 4.53. The summed E-state index contributed by atoms with van der Waals surface area (Å²) >= 11 is 0. The standard InChI is InChI=1S/C26H40O/c1-3-5-20-7-13-23(14-8-20)24-15-11-22(12-16-24)19-26(27)25-17-9-21(6-4-2)10-18-25/h9-10,17-18,20,22-24H,3-8,11-16,19H2,1-2H3/t20-,22-,23-,24-. The van der Waals surface area contributed by atoms with Crippen LogP contribution in [0.2, 0.25) is 0 Å². The Morgan fingerprint density at radius 3 is 1.85 bits per heavy atom. The van der Waals surface area contributed by atoms with Crippen LogP contribution in [0.1, 0.15) is 107 Å². The van der Waals surface area contributed by atoms with E-state index in [2.05, 4.69) is 26.0 Å². The van der Waals surface area contributed by atoms with Crippen LogP contribution in [0.5, 0.6) is 0 Å². The molecule has 1 heteroatoms. The van der Waals surface area contributed by atoms with Crippen LogP contribution in [0.25, 0.3) is 0 Å². The summed E-state index contributed by atoms with van der Waals surface area (Å²) in [6, 6.07) is 8.38. The van der Waals surface area contributed by atoms with Crippen molar-refractivity contribution in [2.45, 2.75) is 97.3 Å². The van der Waals surface area contributed by atoms with Crippen molar-refractivity contribution in [3.05, 3.63) is 35.4 Å². The van der Waals surface area contributed by atoms with E-state index in [1.165, 1.54) is 69.8 Å². The van der Waals surface area contributed by atoms with Crippen molar-refractivity contribution in [2.75, 3.05) is 0 Å². The zero-order valence-corrected chi connectivity index (χ0v) is 17.7. The van der Waals surface area contributed by atoms with Gasteiger partial charge in [0, 0.05) is 12.0 Å². The Morgan fingerprint density at radius 2 is 1.33 bits per heavy atom. The van der Waals surface area contributed by atoms with Gasteiger partial charge in [-0.05, 0) is 74.2 Å². The lowest BCUT2D eigenvalue weighted by Gasteiger charge is -2.37. The third-order valence-corrected chi connectivity index (χ3v) is 7.44. The summed E-state index contributed by atoms with van der Waals surface area (Å²) < 4.78 is 0. The van der Waals surface area contributed by atoms with E-state index in [-0.39, 0.29) is 0 Å². The van der Waals surface area contributed by atoms with E-state index in [1.807, 2.05) is 12.1 Å². The molecule has 0 bridgehead atoms. The monoisotopic (exact) mass is 368 g/mol. The van der Waals surface area contributed by atoms with E-state index in [1.54, 1.807) is 0 Å². The average molecular weight is 369 g/mol. The molecule has 2 saturated carbocycles. The number of carbonyl (C=O) groups excluding carboxylic acids is 1. The van der Waals surface area contributed by atoms with E-state index in [0.29, 0.717) is 11.7 Å². The smallest absolute Gasteiger partial charge is 0.163 e. The lowest BCUT2D eigenvalue weighted by Crippen LogP contribution is -2.26. The molecule has 0 saturated heterocycles. The van der Waals surface area contributed by atoms with E-state index in [0.717, 1.165) is 42.6 Å². The topological polar surface area (TPSA) is 17.1 Å². The van der Waals surface area contributed by atoms with Gasteiger partial charge in [-0.3, -0.25) is 4.79 Å². The number of hydrogen-bond donors (Lipinski definition) is 0. The Balaban J connectivity index is 1.41. The Labute approximate surface area is 167 Å². The summed E-state index contributed by atoms with van der Waals surface area (Å²) in [4.78, 5) is 12.7. The van der Waals surface area contributed by atoms with Gasteiger partial charge in [-0.2, -0.15) is 0 Å². The number of Topliss-reactive ketones (excluding diaryl/α,β-unsaturated/α-hetero) is 1. The van der Waals surface area contributed by atoms with Gasteiger partial charge in [-0.25, -0.2) is 0 Å². The van der Waals surface area contributed by atoms with Gasteiger partial charge in [-0.15, -0.1) is 0 Å². The molecule has 0 aromatic heterocycles. The molecule has 1 nitrogen and oxygen atoms in total. The van der Waals surface area contributed by atoms with E-state index < -0.39 is 0 Å². The predicted octanol–water partition coefficient (Wildman–Crippen LogP) is 7.62. The zero-order chi connectivity index (χ0) is 19.1. The third kappa shape index (κ3) is 5.93. The van der Waals surface area contributed by atoms with Gasteiger partial charge in [0.15, 0.2) is 5.78 Å². The van der Waals surface area contributed by atoms with Gasteiger partial charge in [0.25, 0.3) is 0 Å². The molecule has 0 radical (unpaired) electrons. The highest BCUT2D eigenvalue weighted by Gasteiger charge is 2.31. The van der Waals surface area contributed by atoms with Gasteiger partial charge in [-0.1, -0.05) is 70.2 Å². The molecule has 0 spiro atoms. The lowest BCUT2D eigenvalue weighted by atomic mass is 9.68. The molecule has 0 amide bonds. The second-order valence-corrected chi connectivity index (χ2v) is 9.42. The average Bonchev–Trinajstić information content (AvgIpc) is 2.70. The Morgan fingerprint density at radius 1 is 0.778 bits per heavy atom. The van der Waals surface area contributed by atoms with Gasteiger partial charge in [0.05, 0.1) is 0 Å². The first kappa shape index (κ1) is 20.6. The number of aryl methyl sites for hydroxylation is 1. The van der Waals surface area contributed by atoms with E-state index in [9.17, 15) is 4.79 Å². The molecule has 1 aromatic rings. The van der Waals surface area contributed by atoms with Crippen LogP contribution < -0.4 is 0 Å². The first-order chi connectivity index (χ1) is 13.2. The summed E-state index contributed by atoms with van der Waals surface area (Å²) in [7, 11) is 0. The largest absolute Gasteiger partial charge is 0.294 e. The van der Waals surface area contributed by atoms with Gasteiger partial charge in [0.1, 0.15) is 0 Å². The molecule has 27 heavy (non-hydrogen) atoms. The molecule has 0 heterocycles. The molecule has 1 aromatic carbocycles. The van der Waals surface area contributed by atoms with Crippen molar-refractivity contribution >= 4 is 5.78 Å². The molecule has 3 rings (SSSR count). The molecule has 0 unspecified atom stereocenters. The molecule has 0 N–H and O–H groups in total. The first-order valence-electron chi connectivity index (χ1n) is 11.8. The minimum atomic E-state index is 0.363. The van der Waals surface area contributed by atoms with E-state index >= 15 is 0 Å². The fourth-order valence-electron chi connectivity index (χ4n) is 5.75. The summed E-state index contributed by atoms with van der Waals surface area (Å²) in [5.74, 6) is 3.94. The fourth-order valence-corrected chi connectivity index (χ4v) is 5.75. The highest BCUT2D eigenvalue weighted by molar-refractivity contribution is 5.96. The third-order valence-electron chi connectivity index (χ3n) is 7.44. The quantitative estimate of drug-likeness (QED) is 0.431. The Bertz CT molecular complexity index is 556. The van der Waals surface area contributed by atoms with Crippen molar-refractivity contribution in [3.63, 3.8) is 0 Å². The molecule has 0 aliphatic heterocycles. The number of ketones is 1. The van der Waals surface area contributed by atoms with Crippen molar-refractivity contribution in [1.82, 2.24) is 0 Å². The number of carbonyl (C=O) groups is 1. The highest BCUT2D eigenvalue weighted by atomic mass is 16.1. The molecular formula is C26H40O. The van der Waals surface area contributed by atoms with Crippen LogP contribution in [-0.4, -0.2) is 5.78 Å². The van der Waals surface area contributed by atoms with Crippen LogP contribution in [0.3, 0.4) is 0 Å². The fraction of sp³-hybridized carbons (Fsp3) is 0.731. The van der Waals surface area contributed by atoms with Gasteiger partial charge >= 0.3 is 0 Å². The maximum atomic E-state index is 12.7. The number of hydrogen-bond acceptors (Lipinski definition) is 1. The highest BCUT2D eigenvalue weighted by Crippen LogP contribution is 2.42. The summed E-state index contributed by atoms with van der Waals surface area (Å²) in [5, 5.41) is 0. The second-order valence-electron chi connectivity index (χ2n) is 9.42. The van der Waals surface area contributed by atoms with Gasteiger partial charge < -0.3 is 0 Å². The van der Waals surface area contributed by atoms with Crippen LogP contribution in [0.4, 0.5) is 0 Å². The summed E-state index contributed by atoms with van der Waals surface area (Å²) in [5.41, 5.74) is 2.27. The van der Waals surface area contributed by atoms with Crippen LogP contribution in [-0.2, 0) is 6.42 Å². The second kappa shape index (κ2) is 10.4. The molecule has 2 fully saturated rings. The molecule has 2 aliphatic rings. The predicted molar refractivity (Wildman–Crippen MR) is 115 cm³/mol.